The van der Waals surface area contributed by atoms with Gasteiger partial charge in [0, 0.05) is 9.92 Å². The lowest BCUT2D eigenvalue weighted by atomic mass is 10.4. The molecule has 0 saturated heterocycles. The van der Waals surface area contributed by atoms with E-state index in [9.17, 15) is 0 Å². The van der Waals surface area contributed by atoms with Crippen molar-refractivity contribution in [2.45, 2.75) is 4.90 Å². The molecule has 64 valence electrons. The van der Waals surface area contributed by atoms with E-state index >= 15 is 0 Å². The van der Waals surface area contributed by atoms with Crippen molar-refractivity contribution >= 4 is 23.4 Å². The third kappa shape index (κ3) is 3.30. The molecule has 0 unspecified atom stereocenters. The molecule has 3 heteroatoms. The molecule has 1 aromatic carbocycles. The van der Waals surface area contributed by atoms with Gasteiger partial charge in [0.15, 0.2) is 0 Å². The third-order valence-corrected chi connectivity index (χ3v) is 2.34. The Hall–Kier alpha value is -0.440. The van der Waals surface area contributed by atoms with Crippen molar-refractivity contribution in [2.75, 3.05) is 6.61 Å². The summed E-state index contributed by atoms with van der Waals surface area (Å²) < 4.78 is 0. The Morgan fingerprint density at radius 1 is 1.33 bits per heavy atom. The van der Waals surface area contributed by atoms with Crippen molar-refractivity contribution in [3.05, 3.63) is 40.8 Å². The maximum absolute atomic E-state index is 8.47. The lowest BCUT2D eigenvalue weighted by molar-refractivity contribution is 0.343. The van der Waals surface area contributed by atoms with Crippen LogP contribution in [0.15, 0.2) is 40.6 Å². The average molecular weight is 201 g/mol. The van der Waals surface area contributed by atoms with Gasteiger partial charge in [-0.2, -0.15) is 0 Å². The number of aliphatic hydroxyl groups is 1. The van der Waals surface area contributed by atoms with Gasteiger partial charge >= 0.3 is 0 Å². The summed E-state index contributed by atoms with van der Waals surface area (Å²) in [5, 5.41) is 11.1. The van der Waals surface area contributed by atoms with Gasteiger partial charge in [-0.05, 0) is 29.7 Å². The minimum Gasteiger partial charge on any atom is -0.392 e. The van der Waals surface area contributed by atoms with Crippen molar-refractivity contribution in [1.29, 1.82) is 0 Å². The molecule has 12 heavy (non-hydrogen) atoms. The molecule has 0 spiro atoms. The van der Waals surface area contributed by atoms with Crippen LogP contribution in [0.3, 0.4) is 0 Å². The van der Waals surface area contributed by atoms with Gasteiger partial charge in [-0.1, -0.05) is 29.4 Å². The van der Waals surface area contributed by atoms with Crippen LogP contribution in [-0.4, -0.2) is 11.7 Å². The lowest BCUT2D eigenvalue weighted by Gasteiger charge is -1.94. The van der Waals surface area contributed by atoms with Crippen molar-refractivity contribution in [3.8, 4) is 0 Å². The fourth-order valence-corrected chi connectivity index (χ4v) is 1.44. The predicted octanol–water partition coefficient (Wildman–Crippen LogP) is 2.94. The van der Waals surface area contributed by atoms with E-state index in [1.165, 1.54) is 0 Å². The Labute approximate surface area is 81.1 Å². The molecule has 1 N–H and O–H groups in total. The molecular weight excluding hydrogens is 192 g/mol. The molecule has 1 rings (SSSR count). The summed E-state index contributed by atoms with van der Waals surface area (Å²) in [5.74, 6) is 0. The maximum Gasteiger partial charge on any atom is 0.0620 e. The average Bonchev–Trinajstić information content (AvgIpc) is 2.09. The van der Waals surface area contributed by atoms with Crippen LogP contribution >= 0.6 is 23.4 Å². The first-order chi connectivity index (χ1) is 5.83. The summed E-state index contributed by atoms with van der Waals surface area (Å²) in [5.41, 5.74) is 0. The van der Waals surface area contributed by atoms with Gasteiger partial charge in [0.25, 0.3) is 0 Å². The van der Waals surface area contributed by atoms with Crippen LogP contribution < -0.4 is 0 Å². The van der Waals surface area contributed by atoms with Crippen molar-refractivity contribution < 1.29 is 5.11 Å². The minimum atomic E-state index is 0.0839. The van der Waals surface area contributed by atoms with Crippen LogP contribution in [0.2, 0.25) is 5.02 Å². The molecule has 1 aromatic rings. The van der Waals surface area contributed by atoms with E-state index < -0.39 is 0 Å². The Balaban J connectivity index is 2.53. The van der Waals surface area contributed by atoms with Gasteiger partial charge < -0.3 is 5.11 Å². The number of hydrogen-bond donors (Lipinski definition) is 1. The second-order valence-corrected chi connectivity index (χ2v) is 3.54. The van der Waals surface area contributed by atoms with Gasteiger partial charge in [-0.3, -0.25) is 0 Å². The van der Waals surface area contributed by atoms with Crippen LogP contribution in [0.4, 0.5) is 0 Å². The first-order valence-corrected chi connectivity index (χ1v) is 4.77. The first kappa shape index (κ1) is 9.65. The molecule has 0 heterocycles. The first-order valence-electron chi connectivity index (χ1n) is 3.51. The topological polar surface area (TPSA) is 20.2 Å². The summed E-state index contributed by atoms with van der Waals surface area (Å²) >= 11 is 7.26. The van der Waals surface area contributed by atoms with E-state index in [1.807, 2.05) is 29.7 Å². The monoisotopic (exact) mass is 200 g/mol. The molecule has 0 aliphatic heterocycles. The largest absolute Gasteiger partial charge is 0.392 e. The van der Waals surface area contributed by atoms with Crippen LogP contribution in [-0.2, 0) is 0 Å². The Morgan fingerprint density at radius 2 is 2.00 bits per heavy atom. The van der Waals surface area contributed by atoms with E-state index in [0.717, 1.165) is 9.92 Å². The molecule has 0 aliphatic rings. The van der Waals surface area contributed by atoms with Crippen LogP contribution in [0, 0.1) is 0 Å². The lowest BCUT2D eigenvalue weighted by Crippen LogP contribution is -1.70. The van der Waals surface area contributed by atoms with Crippen molar-refractivity contribution in [3.63, 3.8) is 0 Å². The van der Waals surface area contributed by atoms with E-state index in [4.69, 9.17) is 16.7 Å². The van der Waals surface area contributed by atoms with Gasteiger partial charge in [0.05, 0.1) is 6.61 Å². The van der Waals surface area contributed by atoms with Crippen LogP contribution in [0.1, 0.15) is 0 Å². The van der Waals surface area contributed by atoms with E-state index in [0.29, 0.717) is 0 Å². The number of halogens is 1. The fraction of sp³-hybridized carbons (Fsp3) is 0.111. The number of thioether (sulfide) groups is 1. The SMILES string of the molecule is OC/C=C/Sc1ccc(Cl)cc1. The smallest absolute Gasteiger partial charge is 0.0620 e. The number of benzene rings is 1. The number of aliphatic hydroxyl groups excluding tert-OH is 1. The van der Waals surface area contributed by atoms with Crippen molar-refractivity contribution in [2.24, 2.45) is 0 Å². The summed E-state index contributed by atoms with van der Waals surface area (Å²) in [4.78, 5) is 1.11. The highest BCUT2D eigenvalue weighted by atomic mass is 35.5. The quantitative estimate of drug-likeness (QED) is 0.758. The Kier molecular flexibility index (Phi) is 4.22. The van der Waals surface area contributed by atoms with Gasteiger partial charge in [-0.15, -0.1) is 0 Å². The highest BCUT2D eigenvalue weighted by Crippen LogP contribution is 2.20. The molecule has 0 fully saturated rings. The molecule has 0 saturated carbocycles. The second-order valence-electron chi connectivity index (χ2n) is 2.13. The summed E-state index contributed by atoms with van der Waals surface area (Å²) in [6, 6.07) is 7.57. The standard InChI is InChI=1S/C9H9ClOS/c10-8-2-4-9(5-3-8)12-7-1-6-11/h1-5,7,11H,6H2/b7-1+. The number of hydrogen-bond acceptors (Lipinski definition) is 2. The third-order valence-electron chi connectivity index (χ3n) is 1.22. The molecule has 0 amide bonds. The van der Waals surface area contributed by atoms with Crippen LogP contribution in [0.25, 0.3) is 0 Å². The number of rotatable bonds is 3. The molecule has 0 radical (unpaired) electrons. The van der Waals surface area contributed by atoms with Crippen LogP contribution in [0.5, 0.6) is 0 Å². The van der Waals surface area contributed by atoms with E-state index in [2.05, 4.69) is 0 Å². The predicted molar refractivity (Wildman–Crippen MR) is 53.5 cm³/mol. The summed E-state index contributed by atoms with van der Waals surface area (Å²) in [6.07, 6.45) is 1.69. The van der Waals surface area contributed by atoms with Gasteiger partial charge in [-0.25, -0.2) is 0 Å². The molecule has 0 aromatic heterocycles. The summed E-state index contributed by atoms with van der Waals surface area (Å²) in [6.45, 7) is 0.0839. The van der Waals surface area contributed by atoms with Gasteiger partial charge in [0.2, 0.25) is 0 Å². The molecular formula is C9H9ClOS. The minimum absolute atomic E-state index is 0.0839. The highest BCUT2D eigenvalue weighted by molar-refractivity contribution is 8.02. The highest BCUT2D eigenvalue weighted by Gasteiger charge is 1.89. The normalized spacial score (nSPS) is 10.8. The van der Waals surface area contributed by atoms with Crippen molar-refractivity contribution in [1.82, 2.24) is 0 Å². The Bertz CT molecular complexity index is 256. The zero-order valence-electron chi connectivity index (χ0n) is 6.40. The zero-order chi connectivity index (χ0) is 8.81. The van der Waals surface area contributed by atoms with E-state index in [1.54, 1.807) is 17.8 Å². The fourth-order valence-electron chi connectivity index (χ4n) is 0.683. The molecule has 0 aliphatic carbocycles. The van der Waals surface area contributed by atoms with Gasteiger partial charge in [0.1, 0.15) is 0 Å². The zero-order valence-corrected chi connectivity index (χ0v) is 7.98. The van der Waals surface area contributed by atoms with E-state index in [-0.39, 0.29) is 6.61 Å². The summed E-state index contributed by atoms with van der Waals surface area (Å²) in [7, 11) is 0. The maximum atomic E-state index is 8.47. The second kappa shape index (κ2) is 5.25. The molecule has 1 nitrogen and oxygen atoms in total. The Morgan fingerprint density at radius 3 is 2.58 bits per heavy atom. The molecule has 0 bridgehead atoms. The molecule has 0 atom stereocenters.